The van der Waals surface area contributed by atoms with Crippen molar-refractivity contribution in [2.75, 3.05) is 0 Å². The minimum absolute atomic E-state index is 0.330. The van der Waals surface area contributed by atoms with Crippen LogP contribution in [0.2, 0.25) is 0 Å². The fourth-order valence-corrected chi connectivity index (χ4v) is 2.02. The molecule has 1 nitrogen and oxygen atoms in total. The van der Waals surface area contributed by atoms with Gasteiger partial charge >= 0.3 is 0 Å². The molecule has 1 aromatic carbocycles. The SMILES string of the molecule is Cc1cccc2c1CCCCC2=O. The maximum absolute atomic E-state index is 11.7. The molecule has 0 heterocycles. The third-order valence-electron chi connectivity index (χ3n) is 2.79. The lowest BCUT2D eigenvalue weighted by Gasteiger charge is -2.06. The Kier molecular flexibility index (Phi) is 2.17. The first kappa shape index (κ1) is 8.49. The fourth-order valence-electron chi connectivity index (χ4n) is 2.02. The van der Waals surface area contributed by atoms with E-state index in [1.165, 1.54) is 11.1 Å². The molecule has 0 bridgehead atoms. The van der Waals surface area contributed by atoms with Crippen LogP contribution in [0.4, 0.5) is 0 Å². The number of fused-ring (bicyclic) bond motifs is 1. The van der Waals surface area contributed by atoms with Crippen molar-refractivity contribution in [3.63, 3.8) is 0 Å². The van der Waals surface area contributed by atoms with Crippen LogP contribution in [0.15, 0.2) is 18.2 Å². The first-order valence-electron chi connectivity index (χ1n) is 4.91. The zero-order valence-electron chi connectivity index (χ0n) is 7.97. The van der Waals surface area contributed by atoms with Crippen molar-refractivity contribution in [2.24, 2.45) is 0 Å². The van der Waals surface area contributed by atoms with Gasteiger partial charge in [0.2, 0.25) is 0 Å². The Morgan fingerprint density at radius 3 is 2.77 bits per heavy atom. The van der Waals surface area contributed by atoms with Gasteiger partial charge < -0.3 is 0 Å². The van der Waals surface area contributed by atoms with E-state index in [9.17, 15) is 4.79 Å². The molecule has 1 heteroatoms. The van der Waals surface area contributed by atoms with Crippen LogP contribution in [0.3, 0.4) is 0 Å². The number of benzene rings is 1. The van der Waals surface area contributed by atoms with Crippen LogP contribution in [0.1, 0.15) is 40.7 Å². The number of carbonyl (C=O) groups excluding carboxylic acids is 1. The predicted molar refractivity (Wildman–Crippen MR) is 53.1 cm³/mol. The molecule has 1 aromatic rings. The number of hydrogen-bond donors (Lipinski definition) is 0. The normalized spacial score (nSPS) is 16.5. The van der Waals surface area contributed by atoms with Crippen LogP contribution < -0.4 is 0 Å². The molecule has 0 saturated heterocycles. The van der Waals surface area contributed by atoms with Gasteiger partial charge in [0.25, 0.3) is 0 Å². The molecule has 0 amide bonds. The Labute approximate surface area is 78.8 Å². The first-order chi connectivity index (χ1) is 6.29. The molecule has 0 aliphatic heterocycles. The number of rotatable bonds is 0. The molecule has 1 aliphatic carbocycles. The Balaban J connectivity index is 2.54. The maximum Gasteiger partial charge on any atom is 0.163 e. The molecule has 0 spiro atoms. The quantitative estimate of drug-likeness (QED) is 0.553. The Bertz CT molecular complexity index is 339. The van der Waals surface area contributed by atoms with Crippen LogP contribution >= 0.6 is 0 Å². The first-order valence-corrected chi connectivity index (χ1v) is 4.91. The summed E-state index contributed by atoms with van der Waals surface area (Å²) in [6.07, 6.45) is 4.01. The molecule has 0 fully saturated rings. The van der Waals surface area contributed by atoms with E-state index in [1.807, 2.05) is 12.1 Å². The molecule has 1 aliphatic rings. The van der Waals surface area contributed by atoms with Crippen LogP contribution in [0, 0.1) is 6.92 Å². The van der Waals surface area contributed by atoms with Crippen LogP contribution in [-0.4, -0.2) is 5.78 Å². The van der Waals surface area contributed by atoms with Gasteiger partial charge in [-0.25, -0.2) is 0 Å². The lowest BCUT2D eigenvalue weighted by molar-refractivity contribution is 0.0982. The summed E-state index contributed by atoms with van der Waals surface area (Å²) in [5.74, 6) is 0.330. The van der Waals surface area contributed by atoms with Crippen molar-refractivity contribution in [1.82, 2.24) is 0 Å². The van der Waals surface area contributed by atoms with Gasteiger partial charge in [0, 0.05) is 12.0 Å². The van der Waals surface area contributed by atoms with Gasteiger partial charge in [0.15, 0.2) is 5.78 Å². The fraction of sp³-hybridized carbons (Fsp3) is 0.417. The highest BCUT2D eigenvalue weighted by atomic mass is 16.1. The van der Waals surface area contributed by atoms with E-state index in [0.717, 1.165) is 31.2 Å². The van der Waals surface area contributed by atoms with E-state index in [-0.39, 0.29) is 0 Å². The van der Waals surface area contributed by atoms with Crippen molar-refractivity contribution < 1.29 is 4.79 Å². The summed E-state index contributed by atoms with van der Waals surface area (Å²) in [7, 11) is 0. The number of carbonyl (C=O) groups is 1. The molecule has 2 rings (SSSR count). The zero-order chi connectivity index (χ0) is 9.26. The molecular formula is C12H14O. The number of Topliss-reactive ketones (excluding diaryl/α,β-unsaturated/α-hetero) is 1. The van der Waals surface area contributed by atoms with Crippen molar-refractivity contribution in [3.05, 3.63) is 34.9 Å². The van der Waals surface area contributed by atoms with E-state index in [0.29, 0.717) is 5.78 Å². The van der Waals surface area contributed by atoms with Crippen molar-refractivity contribution in [3.8, 4) is 0 Å². The Hall–Kier alpha value is -1.11. The van der Waals surface area contributed by atoms with E-state index < -0.39 is 0 Å². The highest BCUT2D eigenvalue weighted by Gasteiger charge is 2.15. The van der Waals surface area contributed by atoms with E-state index in [2.05, 4.69) is 13.0 Å². The predicted octanol–water partition coefficient (Wildman–Crippen LogP) is 2.90. The average molecular weight is 174 g/mol. The molecule has 0 aromatic heterocycles. The molecule has 0 unspecified atom stereocenters. The van der Waals surface area contributed by atoms with Gasteiger partial charge in [-0.2, -0.15) is 0 Å². The van der Waals surface area contributed by atoms with E-state index in [4.69, 9.17) is 0 Å². The zero-order valence-corrected chi connectivity index (χ0v) is 7.97. The molecule has 0 N–H and O–H groups in total. The summed E-state index contributed by atoms with van der Waals surface area (Å²) in [5.41, 5.74) is 3.52. The molecule has 0 radical (unpaired) electrons. The largest absolute Gasteiger partial charge is 0.294 e. The number of aryl methyl sites for hydroxylation is 1. The third-order valence-corrected chi connectivity index (χ3v) is 2.79. The summed E-state index contributed by atoms with van der Waals surface area (Å²) < 4.78 is 0. The molecule has 68 valence electrons. The summed E-state index contributed by atoms with van der Waals surface area (Å²) in [6, 6.07) is 6.05. The molecule has 0 atom stereocenters. The smallest absolute Gasteiger partial charge is 0.163 e. The summed E-state index contributed by atoms with van der Waals surface area (Å²) in [5, 5.41) is 0. The lowest BCUT2D eigenvalue weighted by Crippen LogP contribution is -2.01. The molecule has 0 saturated carbocycles. The van der Waals surface area contributed by atoms with Gasteiger partial charge in [-0.15, -0.1) is 0 Å². The van der Waals surface area contributed by atoms with Gasteiger partial charge in [-0.1, -0.05) is 18.2 Å². The molecular weight excluding hydrogens is 160 g/mol. The standard InChI is InChI=1S/C12H14O/c1-9-5-4-7-11-10(9)6-2-3-8-12(11)13/h4-5,7H,2-3,6,8H2,1H3. The highest BCUT2D eigenvalue weighted by Crippen LogP contribution is 2.22. The minimum atomic E-state index is 0.330. The third kappa shape index (κ3) is 1.51. The topological polar surface area (TPSA) is 17.1 Å². The maximum atomic E-state index is 11.7. The van der Waals surface area contributed by atoms with Crippen molar-refractivity contribution in [1.29, 1.82) is 0 Å². The highest BCUT2D eigenvalue weighted by molar-refractivity contribution is 5.98. The average Bonchev–Trinajstić information content (AvgIpc) is 2.30. The van der Waals surface area contributed by atoms with E-state index >= 15 is 0 Å². The minimum Gasteiger partial charge on any atom is -0.294 e. The summed E-state index contributed by atoms with van der Waals surface area (Å²) in [6.45, 7) is 2.09. The monoisotopic (exact) mass is 174 g/mol. The van der Waals surface area contributed by atoms with Gasteiger partial charge in [0.1, 0.15) is 0 Å². The van der Waals surface area contributed by atoms with Gasteiger partial charge in [-0.3, -0.25) is 4.79 Å². The Morgan fingerprint density at radius 2 is 1.92 bits per heavy atom. The second kappa shape index (κ2) is 3.33. The molecule has 13 heavy (non-hydrogen) atoms. The Morgan fingerprint density at radius 1 is 1.15 bits per heavy atom. The second-order valence-electron chi connectivity index (χ2n) is 3.73. The van der Waals surface area contributed by atoms with E-state index in [1.54, 1.807) is 0 Å². The lowest BCUT2D eigenvalue weighted by atomic mass is 9.98. The second-order valence-corrected chi connectivity index (χ2v) is 3.73. The summed E-state index contributed by atoms with van der Waals surface area (Å²) in [4.78, 5) is 11.7. The van der Waals surface area contributed by atoms with Crippen LogP contribution in [-0.2, 0) is 6.42 Å². The van der Waals surface area contributed by atoms with Crippen molar-refractivity contribution in [2.45, 2.75) is 32.6 Å². The van der Waals surface area contributed by atoms with Crippen LogP contribution in [0.5, 0.6) is 0 Å². The van der Waals surface area contributed by atoms with Gasteiger partial charge in [-0.05, 0) is 37.3 Å². The number of hydrogen-bond acceptors (Lipinski definition) is 1. The summed E-state index contributed by atoms with van der Waals surface area (Å²) >= 11 is 0. The van der Waals surface area contributed by atoms with Gasteiger partial charge in [0.05, 0.1) is 0 Å². The number of ketones is 1. The van der Waals surface area contributed by atoms with Crippen molar-refractivity contribution >= 4 is 5.78 Å². The van der Waals surface area contributed by atoms with Crippen LogP contribution in [0.25, 0.3) is 0 Å².